The van der Waals surface area contributed by atoms with Gasteiger partial charge in [0.25, 0.3) is 0 Å². The molecule has 6 aliphatic rings. The first-order chi connectivity index (χ1) is 15.3. The van der Waals surface area contributed by atoms with Gasteiger partial charge in [-0.05, 0) is 92.4 Å². The van der Waals surface area contributed by atoms with Gasteiger partial charge in [0.1, 0.15) is 5.76 Å². The Hall–Kier alpha value is -1.74. The lowest BCUT2D eigenvalue weighted by molar-refractivity contribution is -0.259. The minimum absolute atomic E-state index is 0.163. The van der Waals surface area contributed by atoms with Crippen LogP contribution in [0.2, 0.25) is 0 Å². The Balaban J connectivity index is 1.32. The van der Waals surface area contributed by atoms with E-state index in [0.717, 1.165) is 19.3 Å². The lowest BCUT2D eigenvalue weighted by atomic mass is 9.60. The largest absolute Gasteiger partial charge is 0.481 e. The van der Waals surface area contributed by atoms with Crippen LogP contribution in [-0.4, -0.2) is 29.4 Å². The van der Waals surface area contributed by atoms with E-state index in [0.29, 0.717) is 12.3 Å². The van der Waals surface area contributed by atoms with E-state index in [1.165, 1.54) is 6.08 Å². The number of fused-ring (bicyclic) bond motifs is 11. The van der Waals surface area contributed by atoms with Crippen molar-refractivity contribution in [3.63, 3.8) is 0 Å². The molecule has 0 heterocycles. The van der Waals surface area contributed by atoms with Gasteiger partial charge in [0.2, 0.25) is 0 Å². The molecule has 0 amide bonds. The summed E-state index contributed by atoms with van der Waals surface area (Å²) in [4.78, 5) is 25.0. The molecule has 0 aliphatic heterocycles. The quantitative estimate of drug-likeness (QED) is 0.338. The molecule has 33 heavy (non-hydrogen) atoms. The van der Waals surface area contributed by atoms with Crippen LogP contribution in [0.1, 0.15) is 44.9 Å². The molecular formula is C23H24F6O4. The molecule has 0 spiro atoms. The molecule has 0 aromatic rings. The van der Waals surface area contributed by atoms with E-state index in [-0.39, 0.29) is 36.5 Å². The number of aliphatic carboxylic acids is 1. The fourth-order valence-corrected chi connectivity index (χ4v) is 9.26. The predicted molar refractivity (Wildman–Crippen MR) is 99.0 cm³/mol. The molecule has 4 nitrogen and oxygen atoms in total. The zero-order chi connectivity index (χ0) is 23.7. The Morgan fingerprint density at radius 2 is 1.52 bits per heavy atom. The topological polar surface area (TPSA) is 63.6 Å². The number of carbonyl (C=O) groups excluding carboxylic acids is 1. The van der Waals surface area contributed by atoms with Crippen molar-refractivity contribution in [2.75, 3.05) is 0 Å². The number of halogens is 6. The van der Waals surface area contributed by atoms with Crippen LogP contribution in [0.25, 0.3) is 0 Å². The average Bonchev–Trinajstić information content (AvgIpc) is 3.52. The molecule has 1 N–H and O–H groups in total. The summed E-state index contributed by atoms with van der Waals surface area (Å²) in [6, 6.07) is 0. The second-order valence-corrected chi connectivity index (χ2v) is 11.2. The summed E-state index contributed by atoms with van der Waals surface area (Å²) < 4.78 is 90.3. The first-order valence-corrected chi connectivity index (χ1v) is 11.6. The maximum atomic E-state index is 14.6. The van der Waals surface area contributed by atoms with Gasteiger partial charge in [0.15, 0.2) is 10.8 Å². The van der Waals surface area contributed by atoms with Crippen molar-refractivity contribution in [2.24, 2.45) is 58.2 Å². The van der Waals surface area contributed by atoms with E-state index in [2.05, 4.69) is 0 Å². The van der Waals surface area contributed by atoms with Crippen LogP contribution in [-0.2, 0) is 14.3 Å². The summed E-state index contributed by atoms with van der Waals surface area (Å²) in [6.07, 6.45) is -6.98. The van der Waals surface area contributed by atoms with Gasteiger partial charge in [-0.15, -0.1) is 0 Å². The SMILES string of the molecule is O=C(O)C1(C(F)(F)F)CC2C=C(OC(=O)C3(C(F)(F)F)CC4CC3C3C5CCC(C5)C43)C1C2. The van der Waals surface area contributed by atoms with Gasteiger partial charge in [0, 0.05) is 5.92 Å². The second-order valence-electron chi connectivity index (χ2n) is 11.2. The Morgan fingerprint density at radius 3 is 2.09 bits per heavy atom. The number of ether oxygens (including phenoxy) is 1. The van der Waals surface area contributed by atoms with Crippen molar-refractivity contribution in [1.82, 2.24) is 0 Å². The van der Waals surface area contributed by atoms with Crippen LogP contribution in [0.3, 0.4) is 0 Å². The van der Waals surface area contributed by atoms with Crippen molar-refractivity contribution < 1.29 is 45.8 Å². The fraction of sp³-hybridized carbons (Fsp3) is 0.826. The number of hydrogen-bond acceptors (Lipinski definition) is 3. The standard InChI is InChI=1S/C23H24F6O4/c24-22(25,26)20(18(30)31)7-9-3-13(20)15(4-9)33-19(32)21(23(27,28)29)8-12-6-14(21)17-11-2-1-10(5-11)16(12)17/h4,9-14,16-17H,1-3,5-8H2,(H,30,31). The molecular weight excluding hydrogens is 454 g/mol. The summed E-state index contributed by atoms with van der Waals surface area (Å²) in [6.45, 7) is 0. The molecule has 5 fully saturated rings. The third-order valence-corrected chi connectivity index (χ3v) is 10.3. The highest BCUT2D eigenvalue weighted by atomic mass is 19.4. The van der Waals surface area contributed by atoms with Gasteiger partial charge in [-0.1, -0.05) is 0 Å². The highest BCUT2D eigenvalue weighted by Crippen LogP contribution is 2.75. The van der Waals surface area contributed by atoms with Crippen LogP contribution in [0, 0.1) is 58.2 Å². The van der Waals surface area contributed by atoms with Gasteiger partial charge in [-0.3, -0.25) is 9.59 Å². The molecule has 0 saturated heterocycles. The van der Waals surface area contributed by atoms with E-state index in [4.69, 9.17) is 4.74 Å². The number of carbonyl (C=O) groups is 2. The lowest BCUT2D eigenvalue weighted by Crippen LogP contribution is -2.55. The summed E-state index contributed by atoms with van der Waals surface area (Å²) in [5.74, 6) is -7.23. The number of carboxylic acids is 1. The number of esters is 1. The van der Waals surface area contributed by atoms with Crippen molar-refractivity contribution in [3.05, 3.63) is 11.8 Å². The highest BCUT2D eigenvalue weighted by Gasteiger charge is 2.78. The lowest BCUT2D eigenvalue weighted by Gasteiger charge is -2.45. The molecule has 10 unspecified atom stereocenters. The molecule has 182 valence electrons. The maximum Gasteiger partial charge on any atom is 0.405 e. The Morgan fingerprint density at radius 1 is 0.879 bits per heavy atom. The maximum absolute atomic E-state index is 14.6. The van der Waals surface area contributed by atoms with Crippen LogP contribution >= 0.6 is 0 Å². The Kier molecular flexibility index (Phi) is 4.14. The molecule has 0 radical (unpaired) electrons. The molecule has 10 atom stereocenters. The van der Waals surface area contributed by atoms with E-state index in [9.17, 15) is 41.0 Å². The summed E-state index contributed by atoms with van der Waals surface area (Å²) >= 11 is 0. The fourth-order valence-electron chi connectivity index (χ4n) is 9.26. The summed E-state index contributed by atoms with van der Waals surface area (Å²) in [5, 5.41) is 9.45. The normalized spacial score (nSPS) is 49.5. The summed E-state index contributed by atoms with van der Waals surface area (Å²) in [7, 11) is 0. The average molecular weight is 478 g/mol. The van der Waals surface area contributed by atoms with Crippen LogP contribution in [0.5, 0.6) is 0 Å². The minimum atomic E-state index is -5.12. The monoisotopic (exact) mass is 478 g/mol. The van der Waals surface area contributed by atoms with Gasteiger partial charge < -0.3 is 9.84 Å². The number of rotatable bonds is 3. The molecule has 5 saturated carbocycles. The number of allylic oxidation sites excluding steroid dienone is 2. The zero-order valence-corrected chi connectivity index (χ0v) is 17.6. The van der Waals surface area contributed by atoms with Crippen LogP contribution in [0.15, 0.2) is 11.8 Å². The molecule has 6 rings (SSSR count). The second kappa shape index (κ2) is 6.27. The minimum Gasteiger partial charge on any atom is -0.481 e. The zero-order valence-electron chi connectivity index (χ0n) is 17.6. The number of hydrogen-bond donors (Lipinski definition) is 1. The predicted octanol–water partition coefficient (Wildman–Crippen LogP) is 5.34. The van der Waals surface area contributed by atoms with Gasteiger partial charge >= 0.3 is 24.3 Å². The van der Waals surface area contributed by atoms with Crippen LogP contribution in [0.4, 0.5) is 26.3 Å². The van der Waals surface area contributed by atoms with Crippen molar-refractivity contribution in [1.29, 1.82) is 0 Å². The third-order valence-electron chi connectivity index (χ3n) is 10.3. The Bertz CT molecular complexity index is 956. The van der Waals surface area contributed by atoms with E-state index in [1.807, 2.05) is 0 Å². The smallest absolute Gasteiger partial charge is 0.405 e. The highest BCUT2D eigenvalue weighted by molar-refractivity contribution is 5.82. The molecule has 10 heteroatoms. The molecule has 6 bridgehead atoms. The number of carboxylic acid groups (broad SMARTS) is 1. The van der Waals surface area contributed by atoms with Gasteiger partial charge in [0.05, 0.1) is 0 Å². The summed E-state index contributed by atoms with van der Waals surface area (Å²) in [5.41, 5.74) is -5.87. The van der Waals surface area contributed by atoms with Crippen molar-refractivity contribution >= 4 is 11.9 Å². The molecule has 6 aliphatic carbocycles. The van der Waals surface area contributed by atoms with Crippen LogP contribution < -0.4 is 0 Å². The van der Waals surface area contributed by atoms with E-state index < -0.39 is 65.1 Å². The van der Waals surface area contributed by atoms with Gasteiger partial charge in [-0.2, -0.15) is 26.3 Å². The molecule has 0 aromatic heterocycles. The van der Waals surface area contributed by atoms with E-state index in [1.54, 1.807) is 0 Å². The Labute approximate surface area is 185 Å². The first kappa shape index (κ1) is 21.8. The first-order valence-electron chi connectivity index (χ1n) is 11.6. The molecule has 0 aromatic carbocycles. The van der Waals surface area contributed by atoms with Crippen molar-refractivity contribution in [3.8, 4) is 0 Å². The van der Waals surface area contributed by atoms with Gasteiger partial charge in [-0.25, -0.2) is 0 Å². The van der Waals surface area contributed by atoms with Crippen molar-refractivity contribution in [2.45, 2.75) is 57.3 Å². The number of alkyl halides is 6. The van der Waals surface area contributed by atoms with E-state index >= 15 is 0 Å². The third kappa shape index (κ3) is 2.45.